The lowest BCUT2D eigenvalue weighted by molar-refractivity contribution is -0.140. The number of amides is 2. The van der Waals surface area contributed by atoms with Crippen molar-refractivity contribution in [3.63, 3.8) is 0 Å². The number of aryl methyl sites for hydroxylation is 1. The second-order valence-corrected chi connectivity index (χ2v) is 12.2. The van der Waals surface area contributed by atoms with Crippen LogP contribution in [0.15, 0.2) is 114 Å². The van der Waals surface area contributed by atoms with E-state index in [0.29, 0.717) is 18.9 Å². The number of nitrogens with one attached hydrogen (secondary N) is 1. The number of hydrogen-bond acceptors (Lipinski definition) is 5. The van der Waals surface area contributed by atoms with Crippen molar-refractivity contribution in [2.75, 3.05) is 24.0 Å². The summed E-state index contributed by atoms with van der Waals surface area (Å²) < 4.78 is 35.2. The molecular formula is C35H39N3O5S. The van der Waals surface area contributed by atoms with Gasteiger partial charge in [0, 0.05) is 19.5 Å². The molecule has 44 heavy (non-hydrogen) atoms. The SMILES string of the molecule is CCNC(=O)C(Cc1ccccc1)N(Cc1cccc(C)c1)C(=O)CN(c1ccccc1OCC)S(=O)(=O)c1ccccc1. The second-order valence-electron chi connectivity index (χ2n) is 10.3. The molecule has 0 aliphatic rings. The zero-order valence-corrected chi connectivity index (χ0v) is 26.2. The lowest BCUT2D eigenvalue weighted by Crippen LogP contribution is -2.53. The van der Waals surface area contributed by atoms with Crippen LogP contribution in [0.1, 0.15) is 30.5 Å². The summed E-state index contributed by atoms with van der Waals surface area (Å²) in [4.78, 5) is 29.6. The van der Waals surface area contributed by atoms with Crippen LogP contribution in [0.3, 0.4) is 0 Å². The van der Waals surface area contributed by atoms with Gasteiger partial charge in [-0.2, -0.15) is 0 Å². The van der Waals surface area contributed by atoms with Gasteiger partial charge in [0.05, 0.1) is 17.2 Å². The van der Waals surface area contributed by atoms with E-state index < -0.39 is 28.5 Å². The highest BCUT2D eigenvalue weighted by Gasteiger charge is 2.35. The maximum atomic E-state index is 14.5. The number of hydrogen-bond donors (Lipinski definition) is 1. The zero-order chi connectivity index (χ0) is 31.5. The molecule has 8 nitrogen and oxygen atoms in total. The predicted octanol–water partition coefficient (Wildman–Crippen LogP) is 5.37. The van der Waals surface area contributed by atoms with Crippen molar-refractivity contribution in [1.29, 1.82) is 0 Å². The molecule has 2 amide bonds. The van der Waals surface area contributed by atoms with Crippen molar-refractivity contribution in [1.82, 2.24) is 10.2 Å². The number of rotatable bonds is 14. The summed E-state index contributed by atoms with van der Waals surface area (Å²) in [6, 6.07) is 31.0. The van der Waals surface area contributed by atoms with Gasteiger partial charge >= 0.3 is 0 Å². The summed E-state index contributed by atoms with van der Waals surface area (Å²) in [5.41, 5.74) is 2.94. The summed E-state index contributed by atoms with van der Waals surface area (Å²) in [6.07, 6.45) is 0.255. The first-order valence-electron chi connectivity index (χ1n) is 14.7. The van der Waals surface area contributed by atoms with Crippen molar-refractivity contribution < 1.29 is 22.7 Å². The van der Waals surface area contributed by atoms with Crippen LogP contribution in [0.2, 0.25) is 0 Å². The number of anilines is 1. The smallest absolute Gasteiger partial charge is 0.264 e. The van der Waals surface area contributed by atoms with Crippen LogP contribution < -0.4 is 14.4 Å². The van der Waals surface area contributed by atoms with E-state index in [1.165, 1.54) is 17.0 Å². The quantitative estimate of drug-likeness (QED) is 0.207. The molecule has 0 saturated carbocycles. The van der Waals surface area contributed by atoms with Crippen LogP contribution in [0, 0.1) is 6.92 Å². The number of benzene rings is 4. The first-order valence-corrected chi connectivity index (χ1v) is 16.1. The highest BCUT2D eigenvalue weighted by Crippen LogP contribution is 2.33. The van der Waals surface area contributed by atoms with Gasteiger partial charge in [-0.25, -0.2) is 8.42 Å². The van der Waals surface area contributed by atoms with Crippen molar-refractivity contribution in [3.05, 3.63) is 126 Å². The highest BCUT2D eigenvalue weighted by molar-refractivity contribution is 7.92. The monoisotopic (exact) mass is 613 g/mol. The summed E-state index contributed by atoms with van der Waals surface area (Å²) in [6.45, 7) is 5.84. The van der Waals surface area contributed by atoms with Crippen LogP contribution in [-0.2, 0) is 32.6 Å². The van der Waals surface area contributed by atoms with E-state index in [4.69, 9.17) is 4.74 Å². The summed E-state index contributed by atoms with van der Waals surface area (Å²) in [7, 11) is -4.21. The third kappa shape index (κ3) is 8.05. The number of likely N-dealkylation sites (N-methyl/N-ethyl adjacent to an activating group) is 1. The van der Waals surface area contributed by atoms with Gasteiger partial charge < -0.3 is 15.0 Å². The van der Waals surface area contributed by atoms with E-state index in [1.807, 2.05) is 75.4 Å². The number of nitrogens with zero attached hydrogens (tertiary/aromatic N) is 2. The fourth-order valence-electron chi connectivity index (χ4n) is 5.03. The molecule has 0 heterocycles. The Labute approximate surface area is 260 Å². The van der Waals surface area contributed by atoms with E-state index in [0.717, 1.165) is 21.0 Å². The molecule has 4 aromatic carbocycles. The number of carbonyl (C=O) groups excluding carboxylic acids is 2. The number of sulfonamides is 1. The third-order valence-corrected chi connectivity index (χ3v) is 8.88. The normalized spacial score (nSPS) is 11.8. The van der Waals surface area contributed by atoms with Gasteiger partial charge in [0.2, 0.25) is 11.8 Å². The largest absolute Gasteiger partial charge is 0.492 e. The Bertz CT molecular complexity index is 1650. The van der Waals surface area contributed by atoms with E-state index in [1.54, 1.807) is 42.5 Å². The standard InChI is InChI=1S/C35H39N3O5S/c1-4-36-35(40)32(24-28-16-8-6-9-17-28)37(25-29-18-14-15-27(3)23-29)34(39)26-38(31-21-12-13-22-33(31)43-5-2)44(41,42)30-19-10-7-11-20-30/h6-23,32H,4-5,24-26H2,1-3H3,(H,36,40). The molecule has 0 fully saturated rings. The Morgan fingerprint density at radius 3 is 2.11 bits per heavy atom. The maximum Gasteiger partial charge on any atom is 0.264 e. The minimum atomic E-state index is -4.21. The van der Waals surface area contributed by atoms with E-state index in [9.17, 15) is 18.0 Å². The number of carbonyl (C=O) groups is 2. The Balaban J connectivity index is 1.82. The van der Waals surface area contributed by atoms with Gasteiger partial charge in [0.15, 0.2) is 0 Å². The Hall–Kier alpha value is -4.63. The minimum Gasteiger partial charge on any atom is -0.492 e. The first kappa shape index (κ1) is 32.3. The van der Waals surface area contributed by atoms with Crippen LogP contribution in [-0.4, -0.2) is 50.9 Å². The highest BCUT2D eigenvalue weighted by atomic mass is 32.2. The molecule has 0 saturated heterocycles. The van der Waals surface area contributed by atoms with Crippen molar-refractivity contribution >= 4 is 27.5 Å². The number of para-hydroxylation sites is 2. The van der Waals surface area contributed by atoms with Crippen molar-refractivity contribution in [3.8, 4) is 5.75 Å². The molecule has 0 aromatic heterocycles. The lowest BCUT2D eigenvalue weighted by atomic mass is 10.0. The van der Waals surface area contributed by atoms with Gasteiger partial charge in [-0.05, 0) is 56.2 Å². The van der Waals surface area contributed by atoms with Gasteiger partial charge in [-0.3, -0.25) is 13.9 Å². The Morgan fingerprint density at radius 2 is 1.45 bits per heavy atom. The minimum absolute atomic E-state index is 0.0360. The molecule has 4 rings (SSSR count). The molecule has 4 aromatic rings. The molecule has 0 bridgehead atoms. The van der Waals surface area contributed by atoms with Crippen molar-refractivity contribution in [2.45, 2.75) is 44.7 Å². The van der Waals surface area contributed by atoms with E-state index in [-0.39, 0.29) is 29.5 Å². The maximum absolute atomic E-state index is 14.5. The lowest BCUT2D eigenvalue weighted by Gasteiger charge is -2.34. The average Bonchev–Trinajstić information content (AvgIpc) is 3.03. The van der Waals surface area contributed by atoms with E-state index >= 15 is 0 Å². The topological polar surface area (TPSA) is 96.0 Å². The fraction of sp³-hybridized carbons (Fsp3) is 0.257. The summed E-state index contributed by atoms with van der Waals surface area (Å²) in [5.74, 6) is -0.508. The number of ether oxygens (including phenoxy) is 1. The predicted molar refractivity (Wildman–Crippen MR) is 173 cm³/mol. The van der Waals surface area contributed by atoms with Gasteiger partial charge in [-0.15, -0.1) is 0 Å². The third-order valence-electron chi connectivity index (χ3n) is 7.10. The van der Waals surface area contributed by atoms with Gasteiger partial charge in [0.25, 0.3) is 10.0 Å². The van der Waals surface area contributed by atoms with Crippen LogP contribution in [0.5, 0.6) is 5.75 Å². The molecule has 1 unspecified atom stereocenters. The van der Waals surface area contributed by atoms with Crippen LogP contribution >= 0.6 is 0 Å². The first-order chi connectivity index (χ1) is 21.2. The Kier molecular flexibility index (Phi) is 11.2. The summed E-state index contributed by atoms with van der Waals surface area (Å²) >= 11 is 0. The average molecular weight is 614 g/mol. The second kappa shape index (κ2) is 15.2. The van der Waals surface area contributed by atoms with Gasteiger partial charge in [0.1, 0.15) is 18.3 Å². The van der Waals surface area contributed by atoms with E-state index in [2.05, 4.69) is 5.32 Å². The van der Waals surface area contributed by atoms with Gasteiger partial charge in [-0.1, -0.05) is 90.5 Å². The Morgan fingerprint density at radius 1 is 0.818 bits per heavy atom. The van der Waals surface area contributed by atoms with Crippen molar-refractivity contribution in [2.24, 2.45) is 0 Å². The fourth-order valence-corrected chi connectivity index (χ4v) is 6.47. The molecule has 0 aliphatic carbocycles. The molecule has 1 atom stereocenters. The van der Waals surface area contributed by atoms with Crippen LogP contribution in [0.25, 0.3) is 0 Å². The molecule has 230 valence electrons. The molecule has 1 N–H and O–H groups in total. The molecule has 0 radical (unpaired) electrons. The zero-order valence-electron chi connectivity index (χ0n) is 25.3. The summed E-state index contributed by atoms with van der Waals surface area (Å²) in [5, 5.41) is 2.88. The molecule has 9 heteroatoms. The molecule has 0 spiro atoms. The molecule has 0 aliphatic heterocycles. The molecular weight excluding hydrogens is 574 g/mol. The van der Waals surface area contributed by atoms with Crippen LogP contribution in [0.4, 0.5) is 5.69 Å².